The molecule has 40 heavy (non-hydrogen) atoms. The number of imide groups is 1. The molecule has 2 aromatic rings. The first-order valence-corrected chi connectivity index (χ1v) is 14.1. The summed E-state index contributed by atoms with van der Waals surface area (Å²) in [4.78, 5) is 27.0. The van der Waals surface area contributed by atoms with Crippen molar-refractivity contribution in [1.29, 1.82) is 0 Å². The largest absolute Gasteiger partial charge is 0.384 e. The van der Waals surface area contributed by atoms with E-state index in [1.54, 1.807) is 12.1 Å². The lowest BCUT2D eigenvalue weighted by atomic mass is 9.68. The number of hydrogen-bond donors (Lipinski definition) is 3. The number of carbonyl (C=O) groups excluding carboxylic acids is 2. The summed E-state index contributed by atoms with van der Waals surface area (Å²) in [6, 6.07) is 15.2. The maximum atomic E-state index is 13.5. The highest BCUT2D eigenvalue weighted by atomic mass is 16.3. The molecule has 6 nitrogen and oxygen atoms in total. The van der Waals surface area contributed by atoms with Gasteiger partial charge >= 0.3 is 0 Å². The van der Waals surface area contributed by atoms with Crippen LogP contribution in [0.25, 0.3) is 0 Å². The second-order valence-corrected chi connectivity index (χ2v) is 15.4. The van der Waals surface area contributed by atoms with Crippen LogP contribution in [0.15, 0.2) is 48.5 Å². The molecule has 0 aliphatic rings. The van der Waals surface area contributed by atoms with E-state index in [1.807, 2.05) is 77.9 Å². The SMILES string of the molecule is CC(C)(C)c1cccc(C(O)(CC(=O)N(N)C(=O)CC(O)(c2cccc(C(C)(C)C)c2)C(C)(C)C)C(C)(C)C)c1. The maximum absolute atomic E-state index is 13.5. The molecule has 0 radical (unpaired) electrons. The summed E-state index contributed by atoms with van der Waals surface area (Å²) >= 11 is 0. The summed E-state index contributed by atoms with van der Waals surface area (Å²) in [5, 5.41) is 24.6. The lowest BCUT2D eigenvalue weighted by Crippen LogP contribution is -2.52. The van der Waals surface area contributed by atoms with Crippen molar-refractivity contribution >= 4 is 11.8 Å². The lowest BCUT2D eigenvalue weighted by molar-refractivity contribution is -0.158. The summed E-state index contributed by atoms with van der Waals surface area (Å²) in [5.74, 6) is 4.69. The average Bonchev–Trinajstić information content (AvgIpc) is 2.81. The molecule has 2 rings (SSSR count). The van der Waals surface area contributed by atoms with E-state index >= 15 is 0 Å². The molecule has 0 aliphatic carbocycles. The smallest absolute Gasteiger partial charge is 0.246 e. The van der Waals surface area contributed by atoms with Crippen molar-refractivity contribution < 1.29 is 19.8 Å². The molecule has 0 saturated carbocycles. The van der Waals surface area contributed by atoms with Crippen LogP contribution in [0.5, 0.6) is 0 Å². The first-order chi connectivity index (χ1) is 17.8. The van der Waals surface area contributed by atoms with Gasteiger partial charge in [-0.3, -0.25) is 9.59 Å². The standard InChI is InChI=1S/C34H52N2O4/c1-29(2,3)23-15-13-17-25(19-23)33(39,31(7,8)9)21-27(37)36(35)28(38)22-34(40,32(10,11)12)26-18-14-16-24(20-26)30(4,5)6/h13-20,39-40H,21-22,35H2,1-12H3. The molecule has 2 aromatic carbocycles. The summed E-state index contributed by atoms with van der Waals surface area (Å²) in [5.41, 5.74) is -1.77. The minimum Gasteiger partial charge on any atom is -0.384 e. The van der Waals surface area contributed by atoms with Crippen molar-refractivity contribution in [3.63, 3.8) is 0 Å². The van der Waals surface area contributed by atoms with E-state index in [2.05, 4.69) is 41.5 Å². The van der Waals surface area contributed by atoms with Crippen LogP contribution in [0.2, 0.25) is 0 Å². The van der Waals surface area contributed by atoms with Crippen LogP contribution in [-0.4, -0.2) is 27.0 Å². The summed E-state index contributed by atoms with van der Waals surface area (Å²) in [7, 11) is 0. The van der Waals surface area contributed by atoms with Gasteiger partial charge in [-0.1, -0.05) is 132 Å². The third-order valence-corrected chi connectivity index (χ3v) is 8.25. The highest BCUT2D eigenvalue weighted by Crippen LogP contribution is 2.45. The van der Waals surface area contributed by atoms with E-state index < -0.39 is 33.8 Å². The summed E-state index contributed by atoms with van der Waals surface area (Å²) in [6.45, 7) is 23.6. The van der Waals surface area contributed by atoms with Crippen LogP contribution in [0.1, 0.15) is 118 Å². The molecule has 0 aromatic heterocycles. The molecule has 0 aliphatic heterocycles. The fourth-order valence-corrected chi connectivity index (χ4v) is 4.83. The van der Waals surface area contributed by atoms with Crippen molar-refractivity contribution in [2.24, 2.45) is 16.7 Å². The molecule has 2 atom stereocenters. The quantitative estimate of drug-likeness (QED) is 0.217. The van der Waals surface area contributed by atoms with Gasteiger partial charge in [-0.2, -0.15) is 0 Å². The van der Waals surface area contributed by atoms with Crippen LogP contribution in [0.3, 0.4) is 0 Å². The molecular formula is C34H52N2O4. The number of nitrogens with two attached hydrogens (primary N) is 1. The fourth-order valence-electron chi connectivity index (χ4n) is 4.83. The van der Waals surface area contributed by atoms with E-state index in [-0.39, 0.29) is 23.7 Å². The zero-order valence-corrected chi connectivity index (χ0v) is 26.8. The van der Waals surface area contributed by atoms with Crippen molar-refractivity contribution in [2.45, 2.75) is 118 Å². The summed E-state index contributed by atoms with van der Waals surface area (Å²) < 4.78 is 0. The number of carbonyl (C=O) groups is 2. The third kappa shape index (κ3) is 7.02. The molecule has 0 spiro atoms. The number of rotatable bonds is 6. The van der Waals surface area contributed by atoms with E-state index in [0.717, 1.165) is 11.1 Å². The predicted octanol–water partition coefficient (Wildman–Crippen LogP) is 6.46. The Kier molecular flexibility index (Phi) is 9.29. The van der Waals surface area contributed by atoms with Gasteiger partial charge in [0.15, 0.2) is 0 Å². The topological polar surface area (TPSA) is 104 Å². The zero-order valence-electron chi connectivity index (χ0n) is 26.8. The number of hydrogen-bond acceptors (Lipinski definition) is 5. The Morgan fingerprint density at radius 1 is 0.600 bits per heavy atom. The highest BCUT2D eigenvalue weighted by Gasteiger charge is 2.47. The number of nitrogens with zero attached hydrogens (tertiary/aromatic N) is 1. The Morgan fingerprint density at radius 2 is 0.875 bits per heavy atom. The molecule has 0 saturated heterocycles. The van der Waals surface area contributed by atoms with E-state index in [0.29, 0.717) is 16.1 Å². The molecule has 0 heterocycles. The second-order valence-electron chi connectivity index (χ2n) is 15.4. The number of aliphatic hydroxyl groups is 2. The molecular weight excluding hydrogens is 500 g/mol. The van der Waals surface area contributed by atoms with Gasteiger partial charge in [0.25, 0.3) is 0 Å². The van der Waals surface area contributed by atoms with Crippen LogP contribution in [0, 0.1) is 10.8 Å². The summed E-state index contributed by atoms with van der Waals surface area (Å²) in [6.07, 6.45) is -0.778. The van der Waals surface area contributed by atoms with E-state index in [9.17, 15) is 19.8 Å². The van der Waals surface area contributed by atoms with Crippen molar-refractivity contribution in [1.82, 2.24) is 5.01 Å². The molecule has 0 bridgehead atoms. The van der Waals surface area contributed by atoms with Gasteiger partial charge in [0.2, 0.25) is 11.8 Å². The zero-order chi connectivity index (χ0) is 31.1. The van der Waals surface area contributed by atoms with E-state index in [1.165, 1.54) is 0 Å². The molecule has 222 valence electrons. The Bertz CT molecular complexity index is 1130. The van der Waals surface area contributed by atoms with Crippen molar-refractivity contribution in [2.75, 3.05) is 0 Å². The number of benzene rings is 2. The monoisotopic (exact) mass is 552 g/mol. The fraction of sp³-hybridized carbons (Fsp3) is 0.588. The third-order valence-electron chi connectivity index (χ3n) is 8.25. The van der Waals surface area contributed by atoms with Gasteiger partial charge in [0.1, 0.15) is 11.2 Å². The van der Waals surface area contributed by atoms with Gasteiger partial charge in [-0.05, 0) is 43.9 Å². The van der Waals surface area contributed by atoms with Gasteiger partial charge < -0.3 is 10.2 Å². The van der Waals surface area contributed by atoms with Crippen LogP contribution >= 0.6 is 0 Å². The van der Waals surface area contributed by atoms with Gasteiger partial charge in [-0.15, -0.1) is 0 Å². The lowest BCUT2D eigenvalue weighted by Gasteiger charge is -2.42. The Balaban J connectivity index is 2.44. The van der Waals surface area contributed by atoms with Crippen molar-refractivity contribution in [3.8, 4) is 0 Å². The van der Waals surface area contributed by atoms with Crippen molar-refractivity contribution in [3.05, 3.63) is 70.8 Å². The Labute approximate surface area is 241 Å². The minimum atomic E-state index is -1.59. The first-order valence-electron chi connectivity index (χ1n) is 14.1. The van der Waals surface area contributed by atoms with E-state index in [4.69, 9.17) is 5.84 Å². The molecule has 2 unspecified atom stereocenters. The Morgan fingerprint density at radius 3 is 1.12 bits per heavy atom. The highest BCUT2D eigenvalue weighted by molar-refractivity contribution is 5.95. The normalized spacial score (nSPS) is 16.2. The van der Waals surface area contributed by atoms with Crippen LogP contribution in [-0.2, 0) is 31.6 Å². The van der Waals surface area contributed by atoms with Crippen LogP contribution in [0.4, 0.5) is 0 Å². The second kappa shape index (κ2) is 11.0. The number of hydrazine groups is 1. The maximum Gasteiger partial charge on any atom is 0.246 e. The minimum absolute atomic E-state index is 0.156. The van der Waals surface area contributed by atoms with Gasteiger partial charge in [0.05, 0.1) is 12.8 Å². The average molecular weight is 553 g/mol. The number of amides is 2. The predicted molar refractivity (Wildman–Crippen MR) is 162 cm³/mol. The van der Waals surface area contributed by atoms with Gasteiger partial charge in [-0.25, -0.2) is 10.9 Å². The Hall–Kier alpha value is -2.54. The molecule has 2 amide bonds. The molecule has 0 fully saturated rings. The van der Waals surface area contributed by atoms with Gasteiger partial charge in [0, 0.05) is 0 Å². The first kappa shape index (κ1) is 33.7. The molecule has 6 heteroatoms. The molecule has 4 N–H and O–H groups in total. The van der Waals surface area contributed by atoms with Crippen LogP contribution < -0.4 is 5.84 Å².